The van der Waals surface area contributed by atoms with Crippen molar-refractivity contribution in [2.75, 3.05) is 6.54 Å². The van der Waals surface area contributed by atoms with Gasteiger partial charge in [-0.2, -0.15) is 0 Å². The van der Waals surface area contributed by atoms with Gasteiger partial charge in [-0.15, -0.1) is 11.3 Å². The molecule has 5 nitrogen and oxygen atoms in total. The van der Waals surface area contributed by atoms with Crippen LogP contribution in [0.1, 0.15) is 23.3 Å². The van der Waals surface area contributed by atoms with Crippen LogP contribution in [0.4, 0.5) is 0 Å². The first-order chi connectivity index (χ1) is 10.6. The SMILES string of the molecule is O=C1CCC(NC(=O)c2csc(-c3ccc(Cl)cc3)n2)CN1. The van der Waals surface area contributed by atoms with Crippen LogP contribution in [0.25, 0.3) is 10.6 Å². The lowest BCUT2D eigenvalue weighted by molar-refractivity contribution is -0.122. The number of nitrogens with one attached hydrogen (secondary N) is 2. The van der Waals surface area contributed by atoms with Crippen molar-refractivity contribution in [2.24, 2.45) is 0 Å². The molecule has 2 aromatic rings. The standard InChI is InChI=1S/C15H14ClN3O2S/c16-10-3-1-9(2-4-10)15-19-12(8-22-15)14(21)18-11-5-6-13(20)17-7-11/h1-4,8,11H,5-7H2,(H,17,20)(H,18,21). The number of hydrogen-bond acceptors (Lipinski definition) is 4. The number of nitrogens with zero attached hydrogens (tertiary/aromatic N) is 1. The lowest BCUT2D eigenvalue weighted by Gasteiger charge is -2.22. The molecule has 1 aromatic carbocycles. The number of halogens is 1. The molecule has 22 heavy (non-hydrogen) atoms. The van der Waals surface area contributed by atoms with Crippen molar-refractivity contribution in [3.05, 3.63) is 40.4 Å². The van der Waals surface area contributed by atoms with Crippen LogP contribution in [0.5, 0.6) is 0 Å². The Labute approximate surface area is 136 Å². The first kappa shape index (κ1) is 15.0. The maximum absolute atomic E-state index is 12.2. The third kappa shape index (κ3) is 3.45. The highest BCUT2D eigenvalue weighted by molar-refractivity contribution is 7.13. The minimum absolute atomic E-state index is 0.0316. The van der Waals surface area contributed by atoms with E-state index in [9.17, 15) is 9.59 Å². The van der Waals surface area contributed by atoms with E-state index in [-0.39, 0.29) is 17.9 Å². The van der Waals surface area contributed by atoms with Crippen LogP contribution in [-0.4, -0.2) is 29.4 Å². The summed E-state index contributed by atoms with van der Waals surface area (Å²) in [5.74, 6) is -0.179. The molecule has 1 atom stereocenters. The molecule has 0 bridgehead atoms. The summed E-state index contributed by atoms with van der Waals surface area (Å²) in [6.07, 6.45) is 1.10. The predicted octanol–water partition coefficient (Wildman–Crippen LogP) is 2.47. The molecule has 2 amide bonds. The van der Waals surface area contributed by atoms with E-state index in [1.807, 2.05) is 12.1 Å². The van der Waals surface area contributed by atoms with Gasteiger partial charge in [0.25, 0.3) is 5.91 Å². The molecule has 0 spiro atoms. The maximum Gasteiger partial charge on any atom is 0.271 e. The van der Waals surface area contributed by atoms with E-state index in [0.717, 1.165) is 10.6 Å². The largest absolute Gasteiger partial charge is 0.354 e. The van der Waals surface area contributed by atoms with E-state index >= 15 is 0 Å². The number of aromatic nitrogens is 1. The van der Waals surface area contributed by atoms with Crippen LogP contribution in [0, 0.1) is 0 Å². The van der Waals surface area contributed by atoms with Crippen molar-refractivity contribution in [3.63, 3.8) is 0 Å². The molecule has 1 unspecified atom stereocenters. The van der Waals surface area contributed by atoms with Gasteiger partial charge in [0.05, 0.1) is 0 Å². The van der Waals surface area contributed by atoms with Gasteiger partial charge in [-0.05, 0) is 18.6 Å². The first-order valence-electron chi connectivity index (χ1n) is 6.91. The number of amides is 2. The zero-order chi connectivity index (χ0) is 15.5. The van der Waals surface area contributed by atoms with E-state index in [2.05, 4.69) is 15.6 Å². The minimum Gasteiger partial charge on any atom is -0.354 e. The number of piperidine rings is 1. The second-order valence-electron chi connectivity index (χ2n) is 5.06. The molecule has 1 aliphatic rings. The molecule has 2 heterocycles. The van der Waals surface area contributed by atoms with Crippen LogP contribution in [0.2, 0.25) is 5.02 Å². The van der Waals surface area contributed by atoms with Gasteiger partial charge in [-0.25, -0.2) is 4.98 Å². The predicted molar refractivity (Wildman–Crippen MR) is 86.1 cm³/mol. The van der Waals surface area contributed by atoms with E-state index in [4.69, 9.17) is 11.6 Å². The van der Waals surface area contributed by atoms with E-state index < -0.39 is 0 Å². The Bertz CT molecular complexity index is 689. The second-order valence-corrected chi connectivity index (χ2v) is 6.35. The third-order valence-electron chi connectivity index (χ3n) is 3.43. The average Bonchev–Trinajstić information content (AvgIpc) is 3.00. The summed E-state index contributed by atoms with van der Waals surface area (Å²) in [6, 6.07) is 7.30. The molecule has 1 fully saturated rings. The first-order valence-corrected chi connectivity index (χ1v) is 8.16. The molecule has 3 rings (SSSR count). The van der Waals surface area contributed by atoms with Crippen LogP contribution in [0.15, 0.2) is 29.6 Å². The molecule has 2 N–H and O–H groups in total. The van der Waals surface area contributed by atoms with Gasteiger partial charge in [-0.3, -0.25) is 9.59 Å². The molecule has 0 saturated carbocycles. The summed E-state index contributed by atoms with van der Waals surface area (Å²) in [5, 5.41) is 8.82. The van der Waals surface area contributed by atoms with Crippen molar-refractivity contribution in [3.8, 4) is 10.6 Å². The molecule has 1 saturated heterocycles. The minimum atomic E-state index is -0.211. The van der Waals surface area contributed by atoms with Crippen molar-refractivity contribution in [2.45, 2.75) is 18.9 Å². The van der Waals surface area contributed by atoms with Gasteiger partial charge in [0, 0.05) is 35.0 Å². The molecule has 1 aliphatic heterocycles. The van der Waals surface area contributed by atoms with E-state index in [0.29, 0.717) is 30.1 Å². The van der Waals surface area contributed by atoms with Gasteiger partial charge in [0.1, 0.15) is 10.7 Å². The van der Waals surface area contributed by atoms with Crippen molar-refractivity contribution >= 4 is 34.8 Å². The highest BCUT2D eigenvalue weighted by Gasteiger charge is 2.21. The summed E-state index contributed by atoms with van der Waals surface area (Å²) in [6.45, 7) is 0.471. The van der Waals surface area contributed by atoms with E-state index in [1.165, 1.54) is 11.3 Å². The molecule has 1 aromatic heterocycles. The van der Waals surface area contributed by atoms with Gasteiger partial charge < -0.3 is 10.6 Å². The van der Waals surface area contributed by atoms with Crippen molar-refractivity contribution in [1.29, 1.82) is 0 Å². The number of carbonyl (C=O) groups excluding carboxylic acids is 2. The molecular weight excluding hydrogens is 322 g/mol. The summed E-state index contributed by atoms with van der Waals surface area (Å²) < 4.78 is 0. The lowest BCUT2D eigenvalue weighted by atomic mass is 10.1. The Morgan fingerprint density at radius 2 is 2.14 bits per heavy atom. The van der Waals surface area contributed by atoms with Gasteiger partial charge in [0.2, 0.25) is 5.91 Å². The molecule has 0 aliphatic carbocycles. The Morgan fingerprint density at radius 3 is 2.82 bits per heavy atom. The normalized spacial score (nSPS) is 17.9. The van der Waals surface area contributed by atoms with Gasteiger partial charge in [-0.1, -0.05) is 23.7 Å². The summed E-state index contributed by atoms with van der Waals surface area (Å²) in [7, 11) is 0. The van der Waals surface area contributed by atoms with Gasteiger partial charge in [0.15, 0.2) is 0 Å². The highest BCUT2D eigenvalue weighted by Crippen LogP contribution is 2.25. The Kier molecular flexibility index (Phi) is 4.40. The smallest absolute Gasteiger partial charge is 0.271 e. The fourth-order valence-electron chi connectivity index (χ4n) is 2.22. The molecule has 7 heteroatoms. The quantitative estimate of drug-likeness (QED) is 0.905. The highest BCUT2D eigenvalue weighted by atomic mass is 35.5. The molecular formula is C15H14ClN3O2S. The number of benzene rings is 1. The topological polar surface area (TPSA) is 71.1 Å². The number of carbonyl (C=O) groups is 2. The van der Waals surface area contributed by atoms with Gasteiger partial charge >= 0.3 is 0 Å². The summed E-state index contributed by atoms with van der Waals surface area (Å²) in [5.41, 5.74) is 1.32. The van der Waals surface area contributed by atoms with Crippen molar-refractivity contribution in [1.82, 2.24) is 15.6 Å². The number of thiazole rings is 1. The lowest BCUT2D eigenvalue weighted by Crippen LogP contribution is -2.47. The third-order valence-corrected chi connectivity index (χ3v) is 4.57. The molecule has 114 valence electrons. The van der Waals surface area contributed by atoms with Crippen LogP contribution in [-0.2, 0) is 4.79 Å². The van der Waals surface area contributed by atoms with Crippen LogP contribution < -0.4 is 10.6 Å². The van der Waals surface area contributed by atoms with Crippen LogP contribution in [0.3, 0.4) is 0 Å². The zero-order valence-electron chi connectivity index (χ0n) is 11.6. The fourth-order valence-corrected chi connectivity index (χ4v) is 3.15. The van der Waals surface area contributed by atoms with Crippen molar-refractivity contribution < 1.29 is 9.59 Å². The Morgan fingerprint density at radius 1 is 1.36 bits per heavy atom. The van der Waals surface area contributed by atoms with Crippen LogP contribution >= 0.6 is 22.9 Å². The maximum atomic E-state index is 12.2. The Hall–Kier alpha value is -1.92. The number of rotatable bonds is 3. The summed E-state index contributed by atoms with van der Waals surface area (Å²) in [4.78, 5) is 27.7. The number of hydrogen-bond donors (Lipinski definition) is 2. The second kappa shape index (κ2) is 6.46. The monoisotopic (exact) mass is 335 g/mol. The fraction of sp³-hybridized carbons (Fsp3) is 0.267. The van der Waals surface area contributed by atoms with E-state index in [1.54, 1.807) is 17.5 Å². The average molecular weight is 336 g/mol. The zero-order valence-corrected chi connectivity index (χ0v) is 13.2. The summed E-state index contributed by atoms with van der Waals surface area (Å²) >= 11 is 7.28. The Balaban J connectivity index is 1.66. The molecule has 0 radical (unpaired) electrons.